The molecule has 0 saturated carbocycles. The molecule has 106 valence electrons. The highest BCUT2D eigenvalue weighted by Gasteiger charge is 2.18. The Hall–Kier alpha value is -0.710. The van der Waals surface area contributed by atoms with Crippen molar-refractivity contribution in [3.8, 4) is 0 Å². The maximum atomic E-state index is 11.6. The predicted molar refractivity (Wildman–Crippen MR) is 81.5 cm³/mol. The van der Waals surface area contributed by atoms with Crippen molar-refractivity contribution in [2.24, 2.45) is 0 Å². The van der Waals surface area contributed by atoms with Gasteiger partial charge in [-0.2, -0.15) is 0 Å². The van der Waals surface area contributed by atoms with Gasteiger partial charge in [0.25, 0.3) is 0 Å². The number of amides is 1. The molecule has 0 fully saturated rings. The molecule has 3 nitrogen and oxygen atoms in total. The van der Waals surface area contributed by atoms with Crippen LogP contribution >= 0.6 is 23.4 Å². The van der Waals surface area contributed by atoms with E-state index in [0.717, 1.165) is 11.3 Å². The van der Waals surface area contributed by atoms with Gasteiger partial charge in [-0.3, -0.25) is 4.79 Å². The number of halogens is 1. The van der Waals surface area contributed by atoms with Crippen LogP contribution < -0.4 is 5.32 Å². The average molecular weight is 302 g/mol. The van der Waals surface area contributed by atoms with E-state index in [1.165, 1.54) is 11.8 Å². The zero-order valence-electron chi connectivity index (χ0n) is 11.3. The Bertz CT molecular complexity index is 424. The fraction of sp³-hybridized carbons (Fsp3) is 0.500. The van der Waals surface area contributed by atoms with Gasteiger partial charge in [-0.05, 0) is 31.0 Å². The zero-order chi connectivity index (χ0) is 14.3. The molecule has 1 aromatic carbocycles. The summed E-state index contributed by atoms with van der Waals surface area (Å²) >= 11 is 7.41. The molecule has 0 saturated heterocycles. The molecule has 5 heteroatoms. The van der Waals surface area contributed by atoms with Crippen molar-refractivity contribution in [2.45, 2.75) is 31.6 Å². The van der Waals surface area contributed by atoms with Crippen LogP contribution in [-0.2, 0) is 10.5 Å². The Kier molecular flexibility index (Phi) is 6.69. The van der Waals surface area contributed by atoms with E-state index in [2.05, 4.69) is 5.32 Å². The number of carbonyl (C=O) groups excluding carboxylic acids is 1. The van der Waals surface area contributed by atoms with Crippen molar-refractivity contribution < 1.29 is 9.90 Å². The number of aliphatic hydroxyl groups is 1. The van der Waals surface area contributed by atoms with Gasteiger partial charge in [0.05, 0.1) is 11.4 Å². The van der Waals surface area contributed by atoms with Crippen LogP contribution in [0.15, 0.2) is 24.3 Å². The van der Waals surface area contributed by atoms with Gasteiger partial charge in [0.2, 0.25) is 5.91 Å². The second-order valence-corrected chi connectivity index (χ2v) is 6.17. The summed E-state index contributed by atoms with van der Waals surface area (Å²) in [5.41, 5.74) is 0.277. The van der Waals surface area contributed by atoms with Crippen LogP contribution in [-0.4, -0.2) is 28.9 Å². The first-order valence-corrected chi connectivity index (χ1v) is 7.77. The molecule has 1 rings (SSSR count). The summed E-state index contributed by atoms with van der Waals surface area (Å²) in [5.74, 6) is 1.07. The lowest BCUT2D eigenvalue weighted by molar-refractivity contribution is -0.119. The second kappa shape index (κ2) is 7.78. The molecule has 1 atom stereocenters. The molecule has 0 aliphatic heterocycles. The molecule has 0 radical (unpaired) electrons. The normalized spacial score (nSPS) is 13.9. The number of hydrogen-bond acceptors (Lipinski definition) is 3. The quantitative estimate of drug-likeness (QED) is 0.814. The first-order chi connectivity index (χ1) is 8.93. The van der Waals surface area contributed by atoms with Crippen molar-refractivity contribution in [1.29, 1.82) is 0 Å². The molecular formula is C14H20ClNO2S. The van der Waals surface area contributed by atoms with Gasteiger partial charge in [0, 0.05) is 17.3 Å². The van der Waals surface area contributed by atoms with Crippen LogP contribution in [0.4, 0.5) is 0 Å². The molecule has 0 spiro atoms. The van der Waals surface area contributed by atoms with E-state index in [1.54, 1.807) is 6.92 Å². The molecule has 0 heterocycles. The Balaban J connectivity index is 2.24. The Morgan fingerprint density at radius 1 is 1.53 bits per heavy atom. The van der Waals surface area contributed by atoms with E-state index in [0.29, 0.717) is 23.7 Å². The van der Waals surface area contributed by atoms with Crippen LogP contribution in [0.1, 0.15) is 25.8 Å². The summed E-state index contributed by atoms with van der Waals surface area (Å²) in [4.78, 5) is 11.6. The summed E-state index contributed by atoms with van der Waals surface area (Å²) in [6.45, 7) is 3.90. The van der Waals surface area contributed by atoms with Gasteiger partial charge in [-0.25, -0.2) is 0 Å². The lowest BCUT2D eigenvalue weighted by atomic mass is 10.0. The highest BCUT2D eigenvalue weighted by Crippen LogP contribution is 2.16. The van der Waals surface area contributed by atoms with Crippen LogP contribution in [0.3, 0.4) is 0 Å². The Morgan fingerprint density at radius 3 is 2.89 bits per heavy atom. The third-order valence-electron chi connectivity index (χ3n) is 2.82. The minimum atomic E-state index is -0.826. The average Bonchev–Trinajstić information content (AvgIpc) is 2.37. The topological polar surface area (TPSA) is 49.3 Å². The van der Waals surface area contributed by atoms with Crippen molar-refractivity contribution in [1.82, 2.24) is 5.32 Å². The molecule has 0 aromatic heterocycles. The minimum absolute atomic E-state index is 0.0549. The van der Waals surface area contributed by atoms with Crippen molar-refractivity contribution in [2.75, 3.05) is 12.3 Å². The lowest BCUT2D eigenvalue weighted by Gasteiger charge is -2.21. The van der Waals surface area contributed by atoms with Crippen LogP contribution in [0.2, 0.25) is 5.02 Å². The van der Waals surface area contributed by atoms with Gasteiger partial charge in [-0.1, -0.05) is 30.7 Å². The van der Waals surface area contributed by atoms with Crippen molar-refractivity contribution >= 4 is 29.3 Å². The largest absolute Gasteiger partial charge is 0.388 e. The van der Waals surface area contributed by atoms with Crippen LogP contribution in [0.5, 0.6) is 0 Å². The first kappa shape index (κ1) is 16.3. The van der Waals surface area contributed by atoms with Gasteiger partial charge < -0.3 is 10.4 Å². The fourth-order valence-electron chi connectivity index (χ4n) is 1.35. The number of carbonyl (C=O) groups is 1. The Morgan fingerprint density at radius 2 is 2.26 bits per heavy atom. The van der Waals surface area contributed by atoms with Crippen LogP contribution in [0.25, 0.3) is 0 Å². The number of rotatable bonds is 7. The summed E-state index contributed by atoms with van der Waals surface area (Å²) in [6, 6.07) is 7.61. The van der Waals surface area contributed by atoms with E-state index in [-0.39, 0.29) is 5.91 Å². The Labute approximate surface area is 123 Å². The number of hydrogen-bond donors (Lipinski definition) is 2. The second-order valence-electron chi connectivity index (χ2n) is 4.75. The maximum absolute atomic E-state index is 11.6. The van der Waals surface area contributed by atoms with E-state index in [4.69, 9.17) is 11.6 Å². The standard InChI is InChI=1S/C14H20ClNO2S/c1-3-14(2,18)10-16-13(17)9-19-8-11-5-4-6-12(15)7-11/h4-7,18H,3,8-10H2,1-2H3,(H,16,17). The number of nitrogens with one attached hydrogen (secondary N) is 1. The first-order valence-electron chi connectivity index (χ1n) is 6.24. The number of benzene rings is 1. The molecule has 0 aliphatic carbocycles. The summed E-state index contributed by atoms with van der Waals surface area (Å²) < 4.78 is 0. The van der Waals surface area contributed by atoms with E-state index < -0.39 is 5.60 Å². The molecule has 1 unspecified atom stereocenters. The number of thioether (sulfide) groups is 1. The molecule has 0 bridgehead atoms. The smallest absolute Gasteiger partial charge is 0.230 e. The molecule has 1 amide bonds. The third kappa shape index (κ3) is 6.85. The SMILES string of the molecule is CCC(C)(O)CNC(=O)CSCc1cccc(Cl)c1. The highest BCUT2D eigenvalue weighted by molar-refractivity contribution is 7.99. The lowest BCUT2D eigenvalue weighted by Crippen LogP contribution is -2.40. The van der Waals surface area contributed by atoms with Gasteiger partial charge in [-0.15, -0.1) is 11.8 Å². The summed E-state index contributed by atoms with van der Waals surface area (Å²) in [6.07, 6.45) is 0.614. The predicted octanol–water partition coefficient (Wildman–Crippen LogP) is 2.85. The van der Waals surface area contributed by atoms with E-state index >= 15 is 0 Å². The molecule has 1 aromatic rings. The molecule has 19 heavy (non-hydrogen) atoms. The van der Waals surface area contributed by atoms with Crippen molar-refractivity contribution in [3.63, 3.8) is 0 Å². The highest BCUT2D eigenvalue weighted by atomic mass is 35.5. The summed E-state index contributed by atoms with van der Waals surface area (Å²) in [5, 5.41) is 13.2. The van der Waals surface area contributed by atoms with Crippen LogP contribution in [0, 0.1) is 0 Å². The summed E-state index contributed by atoms with van der Waals surface area (Å²) in [7, 11) is 0. The maximum Gasteiger partial charge on any atom is 0.230 e. The van der Waals surface area contributed by atoms with E-state index in [9.17, 15) is 9.90 Å². The molecule has 2 N–H and O–H groups in total. The fourth-order valence-corrected chi connectivity index (χ4v) is 2.37. The monoisotopic (exact) mass is 301 g/mol. The van der Waals surface area contributed by atoms with Gasteiger partial charge in [0.1, 0.15) is 0 Å². The zero-order valence-corrected chi connectivity index (χ0v) is 12.9. The van der Waals surface area contributed by atoms with Gasteiger partial charge >= 0.3 is 0 Å². The minimum Gasteiger partial charge on any atom is -0.388 e. The molecule has 0 aliphatic rings. The molecular weight excluding hydrogens is 282 g/mol. The van der Waals surface area contributed by atoms with Gasteiger partial charge in [0.15, 0.2) is 0 Å². The van der Waals surface area contributed by atoms with Crippen molar-refractivity contribution in [3.05, 3.63) is 34.9 Å². The van der Waals surface area contributed by atoms with E-state index in [1.807, 2.05) is 31.2 Å². The third-order valence-corrected chi connectivity index (χ3v) is 4.06.